The van der Waals surface area contributed by atoms with Crippen LogP contribution in [-0.4, -0.2) is 47.4 Å². The standard InChI is InChI=1S/C15H12F5NO3/c16-14(17,15(18,19)20)12(23)21-6-5-13(8-21)7-10(22)9-3-1-2-4-11(9)24-13/h1-4H,5-8H2. The van der Waals surface area contributed by atoms with Gasteiger partial charge in [-0.25, -0.2) is 0 Å². The zero-order valence-electron chi connectivity index (χ0n) is 12.2. The van der Waals surface area contributed by atoms with Gasteiger partial charge in [-0.2, -0.15) is 22.0 Å². The maximum Gasteiger partial charge on any atom is 0.463 e. The minimum Gasteiger partial charge on any atom is -0.484 e. The minimum absolute atomic E-state index is 0.00670. The number of carbonyl (C=O) groups excluding carboxylic acids is 2. The van der Waals surface area contributed by atoms with Crippen molar-refractivity contribution in [3.63, 3.8) is 0 Å². The van der Waals surface area contributed by atoms with Crippen molar-refractivity contribution < 1.29 is 36.3 Å². The smallest absolute Gasteiger partial charge is 0.463 e. The van der Waals surface area contributed by atoms with Gasteiger partial charge in [0.25, 0.3) is 0 Å². The van der Waals surface area contributed by atoms with Crippen molar-refractivity contribution in [1.82, 2.24) is 4.90 Å². The largest absolute Gasteiger partial charge is 0.484 e. The molecule has 1 unspecified atom stereocenters. The van der Waals surface area contributed by atoms with E-state index in [2.05, 4.69) is 0 Å². The minimum atomic E-state index is -5.96. The summed E-state index contributed by atoms with van der Waals surface area (Å²) in [4.78, 5) is 24.2. The lowest BCUT2D eigenvalue weighted by molar-refractivity contribution is -0.274. The predicted molar refractivity (Wildman–Crippen MR) is 70.9 cm³/mol. The number of ketones is 1. The topological polar surface area (TPSA) is 46.6 Å². The number of hydrogen-bond acceptors (Lipinski definition) is 3. The van der Waals surface area contributed by atoms with E-state index in [1.807, 2.05) is 0 Å². The first-order chi connectivity index (χ1) is 11.1. The first-order valence-corrected chi connectivity index (χ1v) is 7.11. The Balaban J connectivity index is 1.81. The van der Waals surface area contributed by atoms with Crippen LogP contribution in [0.1, 0.15) is 23.2 Å². The average Bonchev–Trinajstić information content (AvgIpc) is 2.88. The number of rotatable bonds is 1. The lowest BCUT2D eigenvalue weighted by Gasteiger charge is -2.35. The molecule has 1 saturated heterocycles. The number of Topliss-reactive ketones (excluding diaryl/α,β-unsaturated/α-hetero) is 1. The van der Waals surface area contributed by atoms with E-state index in [0.29, 0.717) is 10.5 Å². The zero-order chi connectivity index (χ0) is 17.8. The van der Waals surface area contributed by atoms with Gasteiger partial charge in [0.2, 0.25) is 0 Å². The highest BCUT2D eigenvalue weighted by atomic mass is 19.4. The Morgan fingerprint density at radius 1 is 1.17 bits per heavy atom. The second-order valence-electron chi connectivity index (χ2n) is 5.93. The van der Waals surface area contributed by atoms with E-state index in [1.54, 1.807) is 18.2 Å². The van der Waals surface area contributed by atoms with Gasteiger partial charge in [0.05, 0.1) is 18.5 Å². The van der Waals surface area contributed by atoms with Crippen molar-refractivity contribution in [1.29, 1.82) is 0 Å². The highest BCUT2D eigenvalue weighted by molar-refractivity contribution is 6.00. The van der Waals surface area contributed by atoms with Crippen molar-refractivity contribution >= 4 is 11.7 Å². The van der Waals surface area contributed by atoms with Gasteiger partial charge >= 0.3 is 18.0 Å². The third-order valence-corrected chi connectivity index (χ3v) is 4.22. The molecule has 9 heteroatoms. The normalized spacial score (nSPS) is 24.0. The van der Waals surface area contributed by atoms with Gasteiger partial charge in [-0.15, -0.1) is 0 Å². The molecule has 1 aromatic rings. The van der Waals surface area contributed by atoms with E-state index in [4.69, 9.17) is 4.74 Å². The van der Waals surface area contributed by atoms with Crippen LogP contribution in [0.4, 0.5) is 22.0 Å². The molecule has 130 valence electrons. The van der Waals surface area contributed by atoms with Crippen molar-refractivity contribution in [2.45, 2.75) is 30.5 Å². The lowest BCUT2D eigenvalue weighted by Crippen LogP contribution is -2.53. The molecule has 1 spiro atoms. The molecular formula is C15H12F5NO3. The molecule has 2 heterocycles. The number of halogens is 5. The molecule has 1 atom stereocenters. The summed E-state index contributed by atoms with van der Waals surface area (Å²) in [7, 11) is 0. The van der Waals surface area contributed by atoms with Crippen LogP contribution in [0.2, 0.25) is 0 Å². The zero-order valence-corrected chi connectivity index (χ0v) is 12.2. The van der Waals surface area contributed by atoms with Gasteiger partial charge in [-0.3, -0.25) is 9.59 Å². The molecule has 0 radical (unpaired) electrons. The highest BCUT2D eigenvalue weighted by Crippen LogP contribution is 2.42. The lowest BCUT2D eigenvalue weighted by atomic mass is 9.89. The summed E-state index contributed by atoms with van der Waals surface area (Å²) in [6.45, 7) is -0.822. The fraction of sp³-hybridized carbons (Fsp3) is 0.467. The van der Waals surface area contributed by atoms with E-state index >= 15 is 0 Å². The molecule has 24 heavy (non-hydrogen) atoms. The number of hydrogen-bond donors (Lipinski definition) is 0. The van der Waals surface area contributed by atoms with Crippen LogP contribution in [0.5, 0.6) is 5.75 Å². The monoisotopic (exact) mass is 349 g/mol. The highest BCUT2D eigenvalue weighted by Gasteiger charge is 2.65. The first kappa shape index (κ1) is 16.7. The van der Waals surface area contributed by atoms with Crippen molar-refractivity contribution in [3.05, 3.63) is 29.8 Å². The number of fused-ring (bicyclic) bond motifs is 1. The molecule has 0 aliphatic carbocycles. The Kier molecular flexibility index (Phi) is 3.58. The number of ether oxygens (including phenoxy) is 1. The van der Waals surface area contributed by atoms with Gasteiger partial charge in [0.1, 0.15) is 11.4 Å². The summed E-state index contributed by atoms with van der Waals surface area (Å²) in [5.74, 6) is -7.84. The predicted octanol–water partition coefficient (Wildman–Crippen LogP) is 2.82. The van der Waals surface area contributed by atoms with Gasteiger partial charge in [-0.05, 0) is 12.1 Å². The third-order valence-electron chi connectivity index (χ3n) is 4.22. The van der Waals surface area contributed by atoms with Gasteiger partial charge in [0, 0.05) is 13.0 Å². The summed E-state index contributed by atoms with van der Waals surface area (Å²) in [5.41, 5.74) is -0.934. The Morgan fingerprint density at radius 3 is 2.50 bits per heavy atom. The van der Waals surface area contributed by atoms with E-state index < -0.39 is 30.2 Å². The molecule has 0 bridgehead atoms. The van der Waals surface area contributed by atoms with Crippen LogP contribution in [0.25, 0.3) is 0 Å². The number of likely N-dealkylation sites (tertiary alicyclic amines) is 1. The number of amides is 1. The van der Waals surface area contributed by atoms with Crippen molar-refractivity contribution in [3.8, 4) is 5.75 Å². The SMILES string of the molecule is O=C1CC2(CCN(C(=O)C(F)(F)C(F)(F)F)C2)Oc2ccccc21. The van der Waals surface area contributed by atoms with Gasteiger partial charge in [0.15, 0.2) is 5.78 Å². The average molecular weight is 349 g/mol. The number of carbonyl (C=O) groups is 2. The molecule has 0 N–H and O–H groups in total. The molecular weight excluding hydrogens is 337 g/mol. The molecule has 1 fully saturated rings. The molecule has 4 nitrogen and oxygen atoms in total. The second-order valence-corrected chi connectivity index (χ2v) is 5.93. The van der Waals surface area contributed by atoms with E-state index in [1.165, 1.54) is 6.07 Å². The summed E-state index contributed by atoms with van der Waals surface area (Å²) in [6, 6.07) is 6.30. The van der Waals surface area contributed by atoms with Crippen LogP contribution in [0.15, 0.2) is 24.3 Å². The fourth-order valence-corrected chi connectivity index (χ4v) is 3.01. The summed E-state index contributed by atoms with van der Waals surface area (Å²) < 4.78 is 69.2. The molecule has 2 aliphatic rings. The molecule has 2 aliphatic heterocycles. The molecule has 3 rings (SSSR count). The third kappa shape index (κ3) is 2.51. The number of alkyl halides is 5. The maximum absolute atomic E-state index is 13.2. The maximum atomic E-state index is 13.2. The molecule has 1 aromatic carbocycles. The molecule has 0 aromatic heterocycles. The Labute approximate surface area is 133 Å². The quantitative estimate of drug-likeness (QED) is 0.733. The molecule has 1 amide bonds. The Hall–Kier alpha value is -2.19. The van der Waals surface area contributed by atoms with E-state index in [-0.39, 0.29) is 30.9 Å². The van der Waals surface area contributed by atoms with Crippen molar-refractivity contribution in [2.24, 2.45) is 0 Å². The van der Waals surface area contributed by atoms with Crippen LogP contribution >= 0.6 is 0 Å². The first-order valence-electron chi connectivity index (χ1n) is 7.11. The fourth-order valence-electron chi connectivity index (χ4n) is 3.01. The number of nitrogens with zero attached hydrogens (tertiary/aromatic N) is 1. The summed E-state index contributed by atoms with van der Waals surface area (Å²) in [5, 5.41) is 0. The van der Waals surface area contributed by atoms with Gasteiger partial charge in [-0.1, -0.05) is 12.1 Å². The van der Waals surface area contributed by atoms with Crippen LogP contribution < -0.4 is 4.74 Å². The Bertz CT molecular complexity index is 703. The van der Waals surface area contributed by atoms with Crippen molar-refractivity contribution in [2.75, 3.05) is 13.1 Å². The Morgan fingerprint density at radius 2 is 1.83 bits per heavy atom. The summed E-state index contributed by atoms with van der Waals surface area (Å²) in [6.07, 6.45) is -6.13. The molecule has 0 saturated carbocycles. The van der Waals surface area contributed by atoms with Crippen LogP contribution in [-0.2, 0) is 4.79 Å². The van der Waals surface area contributed by atoms with Crippen LogP contribution in [0.3, 0.4) is 0 Å². The second kappa shape index (κ2) is 5.15. The van der Waals surface area contributed by atoms with Gasteiger partial charge < -0.3 is 9.64 Å². The van der Waals surface area contributed by atoms with Crippen LogP contribution in [0, 0.1) is 0 Å². The number of benzene rings is 1. The number of para-hydroxylation sites is 1. The van der Waals surface area contributed by atoms with E-state index in [9.17, 15) is 31.5 Å². The summed E-state index contributed by atoms with van der Waals surface area (Å²) >= 11 is 0. The van der Waals surface area contributed by atoms with E-state index in [0.717, 1.165) is 0 Å².